The molecular formula is C22H32O4. The highest BCUT2D eigenvalue weighted by Crippen LogP contribution is 2.52. The van der Waals surface area contributed by atoms with Crippen LogP contribution in [0.5, 0.6) is 0 Å². The summed E-state index contributed by atoms with van der Waals surface area (Å²) >= 11 is 0. The number of hydrogen-bond donors (Lipinski definition) is 0. The van der Waals surface area contributed by atoms with Crippen LogP contribution in [0, 0.1) is 23.7 Å². The number of hydrogen-bond acceptors (Lipinski definition) is 4. The molecule has 3 saturated carbocycles. The van der Waals surface area contributed by atoms with Crippen molar-refractivity contribution >= 4 is 11.9 Å². The summed E-state index contributed by atoms with van der Waals surface area (Å²) < 4.78 is 11.2. The molecule has 144 valence electrons. The zero-order valence-electron chi connectivity index (χ0n) is 16.2. The molecule has 3 aliphatic carbocycles. The lowest BCUT2D eigenvalue weighted by Crippen LogP contribution is -2.44. The van der Waals surface area contributed by atoms with Gasteiger partial charge >= 0.3 is 11.9 Å². The summed E-state index contributed by atoms with van der Waals surface area (Å²) in [5.41, 5.74) is 0.969. The molecule has 3 fully saturated rings. The van der Waals surface area contributed by atoms with E-state index in [9.17, 15) is 9.59 Å². The third-order valence-electron chi connectivity index (χ3n) is 6.69. The minimum absolute atomic E-state index is 0.0601. The number of carbonyl (C=O) groups excluding carboxylic acids is 2. The molecule has 3 rings (SSSR count). The maximum atomic E-state index is 11.8. The highest BCUT2D eigenvalue weighted by Gasteiger charge is 2.45. The lowest BCUT2D eigenvalue weighted by atomic mass is 9.57. The summed E-state index contributed by atoms with van der Waals surface area (Å²) in [6, 6.07) is 0. The maximum absolute atomic E-state index is 11.8. The summed E-state index contributed by atoms with van der Waals surface area (Å²) in [7, 11) is 0. The summed E-state index contributed by atoms with van der Waals surface area (Å²) in [4.78, 5) is 23.6. The molecule has 0 aromatic rings. The summed E-state index contributed by atoms with van der Waals surface area (Å²) in [6.45, 7) is 10.8. The number of esters is 2. The Morgan fingerprint density at radius 2 is 1.08 bits per heavy atom. The van der Waals surface area contributed by atoms with E-state index in [0.717, 1.165) is 50.4 Å². The van der Waals surface area contributed by atoms with Gasteiger partial charge in [-0.05, 0) is 88.9 Å². The molecule has 4 heteroatoms. The van der Waals surface area contributed by atoms with Crippen molar-refractivity contribution in [2.45, 2.75) is 77.4 Å². The van der Waals surface area contributed by atoms with E-state index in [2.05, 4.69) is 13.2 Å². The fourth-order valence-corrected chi connectivity index (χ4v) is 5.43. The third-order valence-corrected chi connectivity index (χ3v) is 6.69. The van der Waals surface area contributed by atoms with Gasteiger partial charge < -0.3 is 9.47 Å². The highest BCUT2D eigenvalue weighted by molar-refractivity contribution is 5.87. The Kier molecular flexibility index (Phi) is 5.89. The van der Waals surface area contributed by atoms with Gasteiger partial charge in [0, 0.05) is 11.1 Å². The molecule has 0 amide bonds. The Morgan fingerprint density at radius 3 is 1.42 bits per heavy atom. The van der Waals surface area contributed by atoms with E-state index in [0.29, 0.717) is 23.0 Å². The first kappa shape index (κ1) is 19.2. The first-order valence-electron chi connectivity index (χ1n) is 10.1. The monoisotopic (exact) mass is 360 g/mol. The van der Waals surface area contributed by atoms with Gasteiger partial charge in [-0.1, -0.05) is 13.2 Å². The summed E-state index contributed by atoms with van der Waals surface area (Å²) in [6.07, 6.45) is 8.76. The quantitative estimate of drug-likeness (QED) is 0.543. The van der Waals surface area contributed by atoms with E-state index >= 15 is 0 Å². The molecule has 0 spiro atoms. The Morgan fingerprint density at radius 1 is 0.692 bits per heavy atom. The second-order valence-electron chi connectivity index (χ2n) is 8.67. The van der Waals surface area contributed by atoms with E-state index in [4.69, 9.17) is 9.47 Å². The minimum Gasteiger partial charge on any atom is -0.459 e. The van der Waals surface area contributed by atoms with Gasteiger partial charge in [0.05, 0.1) is 0 Å². The topological polar surface area (TPSA) is 52.6 Å². The maximum Gasteiger partial charge on any atom is 0.333 e. The molecular weight excluding hydrogens is 328 g/mol. The minimum atomic E-state index is -0.248. The smallest absolute Gasteiger partial charge is 0.333 e. The average molecular weight is 360 g/mol. The SMILES string of the molecule is C=C(C)C(=O)OC1CCC2C(CCC3CC(OC(=O)C(=C)C)CC[C@@H]32)C1. The first-order chi connectivity index (χ1) is 12.3. The summed E-state index contributed by atoms with van der Waals surface area (Å²) in [5.74, 6) is 2.33. The van der Waals surface area contributed by atoms with Crippen LogP contribution in [0.1, 0.15) is 65.2 Å². The van der Waals surface area contributed by atoms with Crippen LogP contribution in [0.15, 0.2) is 24.3 Å². The van der Waals surface area contributed by atoms with Crippen molar-refractivity contribution in [1.29, 1.82) is 0 Å². The second-order valence-corrected chi connectivity index (χ2v) is 8.67. The number of rotatable bonds is 4. The Balaban J connectivity index is 1.54. The van der Waals surface area contributed by atoms with Crippen molar-refractivity contribution in [1.82, 2.24) is 0 Å². The van der Waals surface area contributed by atoms with Crippen molar-refractivity contribution < 1.29 is 19.1 Å². The van der Waals surface area contributed by atoms with Crippen molar-refractivity contribution in [2.75, 3.05) is 0 Å². The molecule has 0 N–H and O–H groups in total. The molecule has 3 aliphatic rings. The number of ether oxygens (including phenoxy) is 2. The molecule has 4 nitrogen and oxygen atoms in total. The van der Waals surface area contributed by atoms with Gasteiger partial charge in [0.1, 0.15) is 12.2 Å². The van der Waals surface area contributed by atoms with Gasteiger partial charge in [0.2, 0.25) is 0 Å². The normalized spacial score (nSPS) is 36.2. The average Bonchev–Trinajstić information content (AvgIpc) is 2.61. The molecule has 0 heterocycles. The molecule has 0 saturated heterocycles. The molecule has 0 aliphatic heterocycles. The van der Waals surface area contributed by atoms with Crippen LogP contribution in [0.25, 0.3) is 0 Å². The Labute approximate surface area is 157 Å². The van der Waals surface area contributed by atoms with Crippen LogP contribution in [-0.2, 0) is 19.1 Å². The molecule has 0 radical (unpaired) electrons. The molecule has 0 bridgehead atoms. The van der Waals surface area contributed by atoms with E-state index in [1.54, 1.807) is 13.8 Å². The van der Waals surface area contributed by atoms with Gasteiger partial charge in [-0.3, -0.25) is 0 Å². The van der Waals surface area contributed by atoms with Crippen LogP contribution in [0.2, 0.25) is 0 Å². The lowest BCUT2D eigenvalue weighted by molar-refractivity contribution is -0.153. The zero-order chi connectivity index (χ0) is 18.8. The van der Waals surface area contributed by atoms with E-state index in [-0.39, 0.29) is 24.1 Å². The molecule has 26 heavy (non-hydrogen) atoms. The first-order valence-corrected chi connectivity index (χ1v) is 10.1. The predicted molar refractivity (Wildman–Crippen MR) is 100 cm³/mol. The van der Waals surface area contributed by atoms with Gasteiger partial charge in [-0.15, -0.1) is 0 Å². The van der Waals surface area contributed by atoms with Crippen molar-refractivity contribution in [3.63, 3.8) is 0 Å². The molecule has 0 aromatic carbocycles. The molecule has 5 unspecified atom stereocenters. The van der Waals surface area contributed by atoms with E-state index in [1.165, 1.54) is 12.8 Å². The van der Waals surface area contributed by atoms with Crippen LogP contribution in [0.3, 0.4) is 0 Å². The molecule has 6 atom stereocenters. The van der Waals surface area contributed by atoms with Gasteiger partial charge in [0.25, 0.3) is 0 Å². The predicted octanol–water partition coefficient (Wildman–Crippen LogP) is 4.59. The van der Waals surface area contributed by atoms with Crippen molar-refractivity contribution in [2.24, 2.45) is 23.7 Å². The lowest BCUT2D eigenvalue weighted by Gasteiger charge is -2.50. The Bertz CT molecular complexity index is 541. The summed E-state index contributed by atoms with van der Waals surface area (Å²) in [5, 5.41) is 0. The van der Waals surface area contributed by atoms with Crippen LogP contribution in [0.4, 0.5) is 0 Å². The highest BCUT2D eigenvalue weighted by atomic mass is 16.5. The van der Waals surface area contributed by atoms with Crippen molar-refractivity contribution in [3.05, 3.63) is 24.3 Å². The largest absolute Gasteiger partial charge is 0.459 e. The standard InChI is InChI=1S/C22H32O4/c1-13(2)21(23)25-17-7-9-19-15(11-17)5-6-16-12-18(8-10-20(16)19)26-22(24)14(3)4/h15-20H,1,3,5-12H2,2,4H3/t15?,16?,17?,18?,19-,20?/m0/s1. The van der Waals surface area contributed by atoms with Crippen LogP contribution < -0.4 is 0 Å². The fourth-order valence-electron chi connectivity index (χ4n) is 5.43. The van der Waals surface area contributed by atoms with Crippen LogP contribution in [-0.4, -0.2) is 24.1 Å². The Hall–Kier alpha value is -1.58. The van der Waals surface area contributed by atoms with Crippen molar-refractivity contribution in [3.8, 4) is 0 Å². The van der Waals surface area contributed by atoms with Gasteiger partial charge in [0.15, 0.2) is 0 Å². The second kappa shape index (κ2) is 7.98. The molecule has 0 aromatic heterocycles. The fraction of sp³-hybridized carbons (Fsp3) is 0.727. The van der Waals surface area contributed by atoms with Crippen LogP contribution >= 0.6 is 0 Å². The zero-order valence-corrected chi connectivity index (χ0v) is 16.2. The van der Waals surface area contributed by atoms with E-state index in [1.807, 2.05) is 0 Å². The van der Waals surface area contributed by atoms with Gasteiger partial charge in [-0.25, -0.2) is 9.59 Å². The number of fused-ring (bicyclic) bond motifs is 3. The third kappa shape index (κ3) is 4.21. The van der Waals surface area contributed by atoms with Gasteiger partial charge in [-0.2, -0.15) is 0 Å². The van der Waals surface area contributed by atoms with E-state index < -0.39 is 0 Å². The number of carbonyl (C=O) groups is 2.